The van der Waals surface area contributed by atoms with Crippen LogP contribution in [-0.4, -0.2) is 34.2 Å². The van der Waals surface area contributed by atoms with E-state index in [0.29, 0.717) is 19.5 Å². The molecule has 0 saturated carbocycles. The van der Waals surface area contributed by atoms with E-state index in [1.165, 1.54) is 12.1 Å². The second-order valence-electron chi connectivity index (χ2n) is 7.53. The molecule has 0 aliphatic carbocycles. The molecule has 6 heteroatoms. The third-order valence-electron chi connectivity index (χ3n) is 4.81. The molecule has 0 spiro atoms. The van der Waals surface area contributed by atoms with Gasteiger partial charge in [-0.2, -0.15) is 0 Å². The van der Waals surface area contributed by atoms with Crippen LogP contribution in [0.3, 0.4) is 0 Å². The number of thiophene rings is 1. The summed E-state index contributed by atoms with van der Waals surface area (Å²) in [5.41, 5.74) is 0.863. The van der Waals surface area contributed by atoms with Gasteiger partial charge in [-0.3, -0.25) is 9.59 Å². The van der Waals surface area contributed by atoms with Crippen molar-refractivity contribution in [1.29, 1.82) is 0 Å². The Balaban J connectivity index is 2.11. The first-order valence-corrected chi connectivity index (χ1v) is 11.1. The maximum absolute atomic E-state index is 13.2. The molecular weight excluding hydrogens is 387 g/mol. The third kappa shape index (κ3) is 7.61. The van der Waals surface area contributed by atoms with Gasteiger partial charge in [-0.05, 0) is 49.4 Å². The van der Waals surface area contributed by atoms with Crippen molar-refractivity contribution in [2.75, 3.05) is 6.54 Å². The van der Waals surface area contributed by atoms with E-state index in [-0.39, 0.29) is 30.2 Å². The van der Waals surface area contributed by atoms with Gasteiger partial charge in [-0.25, -0.2) is 4.39 Å². The molecule has 29 heavy (non-hydrogen) atoms. The van der Waals surface area contributed by atoms with E-state index in [2.05, 4.69) is 6.92 Å². The van der Waals surface area contributed by atoms with Crippen molar-refractivity contribution in [2.24, 2.45) is 0 Å². The Morgan fingerprint density at radius 2 is 1.76 bits per heavy atom. The van der Waals surface area contributed by atoms with E-state index >= 15 is 0 Å². The van der Waals surface area contributed by atoms with Crippen LogP contribution in [0, 0.1) is 5.82 Å². The Morgan fingerprint density at radius 3 is 2.34 bits per heavy atom. The molecule has 0 aliphatic heterocycles. The Hall–Kier alpha value is -2.21. The van der Waals surface area contributed by atoms with Gasteiger partial charge in [0, 0.05) is 23.9 Å². The second kappa shape index (κ2) is 11.7. The van der Waals surface area contributed by atoms with E-state index in [9.17, 15) is 14.0 Å². The quantitative estimate of drug-likeness (QED) is 0.469. The number of nitrogens with zero attached hydrogens (tertiary/aromatic N) is 2. The predicted octanol–water partition coefficient (Wildman–Crippen LogP) is 5.23. The van der Waals surface area contributed by atoms with Crippen molar-refractivity contribution in [3.05, 3.63) is 58.0 Å². The minimum absolute atomic E-state index is 0.0275. The highest BCUT2D eigenvalue weighted by atomic mass is 32.1. The average molecular weight is 419 g/mol. The lowest BCUT2D eigenvalue weighted by Gasteiger charge is -2.30. The van der Waals surface area contributed by atoms with Crippen molar-refractivity contribution in [1.82, 2.24) is 9.80 Å². The number of benzene rings is 1. The van der Waals surface area contributed by atoms with Crippen LogP contribution in [-0.2, 0) is 22.7 Å². The highest BCUT2D eigenvalue weighted by Crippen LogP contribution is 2.16. The standard InChI is InChI=1S/C23H31FN2O2S/c1-4-5-6-9-22(27)26(18(2)3)17-23(28)25(16-21-8-7-14-29-21)15-19-10-12-20(24)13-11-19/h7-8,10-14,18H,4-6,9,15-17H2,1-3H3. The second-order valence-corrected chi connectivity index (χ2v) is 8.56. The van der Waals surface area contributed by atoms with Crippen LogP contribution in [0.15, 0.2) is 41.8 Å². The van der Waals surface area contributed by atoms with E-state index < -0.39 is 0 Å². The SMILES string of the molecule is CCCCCC(=O)N(CC(=O)N(Cc1ccc(F)cc1)Cc1cccs1)C(C)C. The molecule has 0 atom stereocenters. The number of hydrogen-bond donors (Lipinski definition) is 0. The number of hydrogen-bond acceptors (Lipinski definition) is 3. The molecule has 4 nitrogen and oxygen atoms in total. The first-order valence-electron chi connectivity index (χ1n) is 10.2. The molecule has 2 rings (SSSR count). The first kappa shape index (κ1) is 23.1. The summed E-state index contributed by atoms with van der Waals surface area (Å²) in [6.07, 6.45) is 3.39. The lowest BCUT2D eigenvalue weighted by molar-refractivity contribution is -0.142. The van der Waals surface area contributed by atoms with Crippen LogP contribution < -0.4 is 0 Å². The van der Waals surface area contributed by atoms with Crippen molar-refractivity contribution in [3.63, 3.8) is 0 Å². The number of rotatable bonds is 11. The van der Waals surface area contributed by atoms with Crippen molar-refractivity contribution < 1.29 is 14.0 Å². The maximum atomic E-state index is 13.2. The predicted molar refractivity (Wildman–Crippen MR) is 116 cm³/mol. The normalized spacial score (nSPS) is 10.9. The Morgan fingerprint density at radius 1 is 1.03 bits per heavy atom. The Kier molecular flexibility index (Phi) is 9.32. The van der Waals surface area contributed by atoms with Gasteiger partial charge in [-0.15, -0.1) is 11.3 Å². The smallest absolute Gasteiger partial charge is 0.242 e. The van der Waals surface area contributed by atoms with Crippen molar-refractivity contribution in [3.8, 4) is 0 Å². The minimum atomic E-state index is -0.298. The molecule has 0 aliphatic rings. The summed E-state index contributed by atoms with van der Waals surface area (Å²) in [4.78, 5) is 30.3. The summed E-state index contributed by atoms with van der Waals surface area (Å²) >= 11 is 1.59. The molecule has 0 unspecified atom stereocenters. The van der Waals surface area contributed by atoms with Crippen LogP contribution >= 0.6 is 11.3 Å². The van der Waals surface area contributed by atoms with Gasteiger partial charge in [0.1, 0.15) is 5.82 Å². The summed E-state index contributed by atoms with van der Waals surface area (Å²) in [6, 6.07) is 10.1. The molecule has 1 heterocycles. The zero-order chi connectivity index (χ0) is 21.2. The van der Waals surface area contributed by atoms with Gasteiger partial charge in [0.2, 0.25) is 11.8 Å². The van der Waals surface area contributed by atoms with Gasteiger partial charge in [0.25, 0.3) is 0 Å². The summed E-state index contributed by atoms with van der Waals surface area (Å²) in [7, 11) is 0. The number of carbonyl (C=O) groups excluding carboxylic acids is 2. The van der Waals surface area contributed by atoms with E-state index in [1.807, 2.05) is 31.4 Å². The van der Waals surface area contributed by atoms with Crippen LogP contribution in [0.5, 0.6) is 0 Å². The molecule has 0 bridgehead atoms. The number of unbranched alkanes of at least 4 members (excludes halogenated alkanes) is 2. The lowest BCUT2D eigenvalue weighted by atomic mass is 10.1. The summed E-state index contributed by atoms with van der Waals surface area (Å²) in [5.74, 6) is -0.367. The molecule has 0 fully saturated rings. The monoisotopic (exact) mass is 418 g/mol. The zero-order valence-electron chi connectivity index (χ0n) is 17.6. The zero-order valence-corrected chi connectivity index (χ0v) is 18.4. The molecule has 158 valence electrons. The maximum Gasteiger partial charge on any atom is 0.242 e. The number of amides is 2. The molecule has 0 saturated heterocycles. The average Bonchev–Trinajstić information content (AvgIpc) is 3.20. The molecule has 0 radical (unpaired) electrons. The Labute approximate surface area is 177 Å². The molecule has 1 aromatic heterocycles. The van der Waals surface area contributed by atoms with E-state index in [0.717, 1.165) is 29.7 Å². The highest BCUT2D eigenvalue weighted by Gasteiger charge is 2.23. The number of halogens is 1. The van der Waals surface area contributed by atoms with Crippen molar-refractivity contribution >= 4 is 23.2 Å². The highest BCUT2D eigenvalue weighted by molar-refractivity contribution is 7.09. The van der Waals surface area contributed by atoms with Crippen LogP contribution in [0.1, 0.15) is 56.9 Å². The molecule has 1 aromatic carbocycles. The summed E-state index contributed by atoms with van der Waals surface area (Å²) < 4.78 is 13.2. The fourth-order valence-electron chi connectivity index (χ4n) is 3.11. The van der Waals surface area contributed by atoms with Gasteiger partial charge < -0.3 is 9.80 Å². The molecule has 2 amide bonds. The fourth-order valence-corrected chi connectivity index (χ4v) is 3.83. The van der Waals surface area contributed by atoms with E-state index in [1.54, 1.807) is 33.3 Å². The van der Waals surface area contributed by atoms with Crippen LogP contribution in [0.2, 0.25) is 0 Å². The topological polar surface area (TPSA) is 40.6 Å². The Bertz CT molecular complexity index is 760. The van der Waals surface area contributed by atoms with Crippen molar-refractivity contribution in [2.45, 2.75) is 65.6 Å². The minimum Gasteiger partial charge on any atom is -0.332 e. The fraction of sp³-hybridized carbons (Fsp3) is 0.478. The first-order chi connectivity index (χ1) is 13.9. The summed E-state index contributed by atoms with van der Waals surface area (Å²) in [6.45, 7) is 6.90. The molecule has 0 N–H and O–H groups in total. The summed E-state index contributed by atoms with van der Waals surface area (Å²) in [5, 5.41) is 1.98. The number of carbonyl (C=O) groups is 2. The molecular formula is C23H31FN2O2S. The van der Waals surface area contributed by atoms with Gasteiger partial charge in [0.05, 0.1) is 13.1 Å². The lowest BCUT2D eigenvalue weighted by Crippen LogP contribution is -2.45. The van der Waals surface area contributed by atoms with Crippen LogP contribution in [0.25, 0.3) is 0 Å². The third-order valence-corrected chi connectivity index (χ3v) is 5.67. The largest absolute Gasteiger partial charge is 0.332 e. The molecule has 2 aromatic rings. The van der Waals surface area contributed by atoms with Gasteiger partial charge in [0.15, 0.2) is 0 Å². The van der Waals surface area contributed by atoms with Gasteiger partial charge in [-0.1, -0.05) is 38.0 Å². The van der Waals surface area contributed by atoms with Gasteiger partial charge >= 0.3 is 0 Å². The van der Waals surface area contributed by atoms with E-state index in [4.69, 9.17) is 0 Å². The van der Waals surface area contributed by atoms with Crippen LogP contribution in [0.4, 0.5) is 4.39 Å².